The first kappa shape index (κ1) is 10.3. The molecule has 0 aliphatic heterocycles. The third kappa shape index (κ3) is 1.38. The summed E-state index contributed by atoms with van der Waals surface area (Å²) in [5, 5.41) is 20.8. The van der Waals surface area contributed by atoms with Crippen LogP contribution in [0.5, 0.6) is 11.8 Å². The first-order valence-corrected chi connectivity index (χ1v) is 5.54. The van der Waals surface area contributed by atoms with Gasteiger partial charge in [-0.1, -0.05) is 0 Å². The van der Waals surface area contributed by atoms with Crippen LogP contribution in [0.25, 0.3) is 10.2 Å². The summed E-state index contributed by atoms with van der Waals surface area (Å²) in [7, 11) is 0. The van der Waals surface area contributed by atoms with E-state index in [2.05, 4.69) is 4.98 Å². The minimum absolute atomic E-state index is 0.0411. The number of aromatic hydroxyl groups is 2. The van der Waals surface area contributed by atoms with Crippen molar-refractivity contribution in [3.8, 4) is 11.8 Å². The van der Waals surface area contributed by atoms with Crippen LogP contribution in [-0.2, 0) is 5.54 Å². The molecule has 15 heavy (non-hydrogen) atoms. The molecule has 5 heteroatoms. The van der Waals surface area contributed by atoms with E-state index in [1.165, 1.54) is 15.9 Å². The maximum atomic E-state index is 9.99. The second-order valence-corrected chi connectivity index (χ2v) is 5.77. The zero-order valence-corrected chi connectivity index (χ0v) is 10.0. The van der Waals surface area contributed by atoms with Crippen molar-refractivity contribution >= 4 is 21.6 Å². The zero-order chi connectivity index (χ0) is 11.4. The van der Waals surface area contributed by atoms with E-state index in [4.69, 9.17) is 0 Å². The Morgan fingerprint density at radius 2 is 1.80 bits per heavy atom. The third-order valence-corrected chi connectivity index (χ3v) is 3.21. The molecule has 0 radical (unpaired) electrons. The topological polar surface area (TPSA) is 58.3 Å². The molecule has 0 unspecified atom stereocenters. The first-order chi connectivity index (χ1) is 6.82. The van der Waals surface area contributed by atoms with Crippen LogP contribution in [0.1, 0.15) is 25.8 Å². The fourth-order valence-corrected chi connectivity index (χ4v) is 2.52. The minimum atomic E-state index is -0.359. The maximum absolute atomic E-state index is 9.99. The number of fused-ring (bicyclic) bond motifs is 1. The van der Waals surface area contributed by atoms with Gasteiger partial charge in [0, 0.05) is 5.54 Å². The number of hydrogen-bond acceptors (Lipinski definition) is 4. The highest BCUT2D eigenvalue weighted by Gasteiger charge is 2.26. The molecule has 82 valence electrons. The van der Waals surface area contributed by atoms with Gasteiger partial charge in [-0.3, -0.25) is 4.57 Å². The lowest BCUT2D eigenvalue weighted by Crippen LogP contribution is -2.20. The van der Waals surface area contributed by atoms with Gasteiger partial charge < -0.3 is 10.2 Å². The molecule has 2 heterocycles. The maximum Gasteiger partial charge on any atom is 0.222 e. The quantitative estimate of drug-likeness (QED) is 0.726. The lowest BCUT2D eigenvalue weighted by Gasteiger charge is -2.22. The fraction of sp³-hybridized carbons (Fsp3) is 0.500. The molecule has 0 aromatic carbocycles. The average molecular weight is 226 g/mol. The van der Waals surface area contributed by atoms with Crippen LogP contribution in [0.2, 0.25) is 0 Å². The van der Waals surface area contributed by atoms with Gasteiger partial charge in [-0.25, -0.2) is 4.98 Å². The lowest BCUT2D eigenvalue weighted by atomic mass is 10.1. The third-order valence-electron chi connectivity index (χ3n) is 2.24. The molecule has 2 aromatic heterocycles. The summed E-state index contributed by atoms with van der Waals surface area (Å²) < 4.78 is 2.15. The summed E-state index contributed by atoms with van der Waals surface area (Å²) in [4.78, 5) is 4.20. The Kier molecular flexibility index (Phi) is 1.98. The Morgan fingerprint density at radius 3 is 2.27 bits per heavy atom. The average Bonchev–Trinajstić information content (AvgIpc) is 2.52. The summed E-state index contributed by atoms with van der Waals surface area (Å²) in [6.07, 6.45) is 0. The van der Waals surface area contributed by atoms with Crippen LogP contribution in [0, 0.1) is 6.92 Å². The van der Waals surface area contributed by atoms with Gasteiger partial charge >= 0.3 is 0 Å². The van der Waals surface area contributed by atoms with E-state index >= 15 is 0 Å². The second-order valence-electron chi connectivity index (χ2n) is 4.56. The molecular weight excluding hydrogens is 212 g/mol. The lowest BCUT2D eigenvalue weighted by molar-refractivity contribution is 0.287. The van der Waals surface area contributed by atoms with Crippen LogP contribution in [0.4, 0.5) is 0 Å². The number of nitrogens with zero attached hydrogens (tertiary/aromatic N) is 2. The van der Waals surface area contributed by atoms with Gasteiger partial charge in [-0.15, -0.1) is 11.3 Å². The standard InChI is InChI=1S/C10H14N2O2S/c1-5-11-6-7(15-5)9(14)12(8(6)13)10(2,3)4/h13-14H,1-4H3. The Morgan fingerprint density at radius 1 is 1.20 bits per heavy atom. The number of aromatic nitrogens is 2. The van der Waals surface area contributed by atoms with Gasteiger partial charge in [0.2, 0.25) is 11.8 Å². The molecule has 0 amide bonds. The van der Waals surface area contributed by atoms with E-state index < -0.39 is 0 Å². The highest BCUT2D eigenvalue weighted by atomic mass is 32.1. The van der Waals surface area contributed by atoms with Crippen LogP contribution < -0.4 is 0 Å². The Hall–Kier alpha value is -1.23. The Bertz CT molecular complexity index is 482. The monoisotopic (exact) mass is 226 g/mol. The Labute approximate surface area is 91.8 Å². The summed E-state index contributed by atoms with van der Waals surface area (Å²) in [6, 6.07) is 0. The molecule has 0 aliphatic carbocycles. The van der Waals surface area contributed by atoms with Crippen molar-refractivity contribution in [1.82, 2.24) is 9.55 Å². The predicted molar refractivity (Wildman–Crippen MR) is 60.7 cm³/mol. The smallest absolute Gasteiger partial charge is 0.222 e. The summed E-state index contributed by atoms with van der Waals surface area (Å²) in [5.41, 5.74) is 0.132. The molecular formula is C10H14N2O2S. The van der Waals surface area contributed by atoms with Gasteiger partial charge in [-0.05, 0) is 27.7 Å². The number of hydrogen-bond donors (Lipinski definition) is 2. The summed E-state index contributed by atoms with van der Waals surface area (Å²) in [6.45, 7) is 7.61. The van der Waals surface area contributed by atoms with E-state index in [-0.39, 0.29) is 17.3 Å². The van der Waals surface area contributed by atoms with Crippen molar-refractivity contribution in [3.63, 3.8) is 0 Å². The first-order valence-electron chi connectivity index (χ1n) is 4.72. The molecule has 0 saturated heterocycles. The van der Waals surface area contributed by atoms with Crippen molar-refractivity contribution in [2.45, 2.75) is 33.2 Å². The molecule has 0 spiro atoms. The molecule has 0 fully saturated rings. The molecule has 2 N–H and O–H groups in total. The number of aryl methyl sites for hydroxylation is 1. The zero-order valence-electron chi connectivity index (χ0n) is 9.20. The molecule has 0 bridgehead atoms. The molecule has 0 atom stereocenters. The summed E-state index contributed by atoms with van der Waals surface area (Å²) in [5.74, 6) is 0.139. The minimum Gasteiger partial charge on any atom is -0.493 e. The van der Waals surface area contributed by atoms with Crippen molar-refractivity contribution in [2.24, 2.45) is 0 Å². The molecule has 2 rings (SSSR count). The van der Waals surface area contributed by atoms with E-state index in [9.17, 15) is 10.2 Å². The van der Waals surface area contributed by atoms with Crippen molar-refractivity contribution < 1.29 is 10.2 Å². The van der Waals surface area contributed by atoms with Gasteiger partial charge in [0.15, 0.2) is 0 Å². The van der Waals surface area contributed by atoms with Crippen molar-refractivity contribution in [2.75, 3.05) is 0 Å². The Balaban J connectivity index is 2.83. The molecule has 4 nitrogen and oxygen atoms in total. The van der Waals surface area contributed by atoms with Crippen LogP contribution in [0.3, 0.4) is 0 Å². The number of thiazole rings is 1. The van der Waals surface area contributed by atoms with Crippen LogP contribution >= 0.6 is 11.3 Å². The highest BCUT2D eigenvalue weighted by Crippen LogP contribution is 2.42. The van der Waals surface area contributed by atoms with E-state index in [1.807, 2.05) is 27.7 Å². The van der Waals surface area contributed by atoms with Gasteiger partial charge in [-0.2, -0.15) is 0 Å². The normalized spacial score (nSPS) is 12.5. The van der Waals surface area contributed by atoms with E-state index in [0.29, 0.717) is 10.2 Å². The molecule has 0 aliphatic rings. The number of rotatable bonds is 0. The second kappa shape index (κ2) is 2.88. The van der Waals surface area contributed by atoms with Gasteiger partial charge in [0.1, 0.15) is 10.2 Å². The van der Waals surface area contributed by atoms with E-state index in [0.717, 1.165) is 5.01 Å². The SMILES string of the molecule is Cc1nc2c(O)n(C(C)(C)C)c(O)c2s1. The molecule has 2 aromatic rings. The van der Waals surface area contributed by atoms with E-state index in [1.54, 1.807) is 0 Å². The highest BCUT2D eigenvalue weighted by molar-refractivity contribution is 7.19. The van der Waals surface area contributed by atoms with Crippen LogP contribution in [-0.4, -0.2) is 19.8 Å². The predicted octanol–water partition coefficient (Wildman–Crippen LogP) is 2.57. The summed E-state index contributed by atoms with van der Waals surface area (Å²) >= 11 is 1.39. The fourth-order valence-electron chi connectivity index (χ4n) is 1.67. The van der Waals surface area contributed by atoms with Crippen molar-refractivity contribution in [1.29, 1.82) is 0 Å². The van der Waals surface area contributed by atoms with Crippen LogP contribution in [0.15, 0.2) is 0 Å². The molecule has 0 saturated carbocycles. The van der Waals surface area contributed by atoms with Gasteiger partial charge in [0.25, 0.3) is 0 Å². The van der Waals surface area contributed by atoms with Gasteiger partial charge in [0.05, 0.1) is 5.01 Å². The largest absolute Gasteiger partial charge is 0.493 e. The van der Waals surface area contributed by atoms with Crippen molar-refractivity contribution in [3.05, 3.63) is 5.01 Å².